The maximum absolute atomic E-state index is 9.38. The number of aliphatic imine (C=N–C) groups is 1. The van der Waals surface area contributed by atoms with Crippen LogP contribution in [0.1, 0.15) is 52.0 Å². The highest BCUT2D eigenvalue weighted by Gasteiger charge is 2.25. The van der Waals surface area contributed by atoms with Crippen molar-refractivity contribution in [3.63, 3.8) is 0 Å². The number of benzene rings is 1. The van der Waals surface area contributed by atoms with Gasteiger partial charge in [0.1, 0.15) is 0 Å². The summed E-state index contributed by atoms with van der Waals surface area (Å²) in [6.45, 7) is 11.2. The summed E-state index contributed by atoms with van der Waals surface area (Å²) in [5.41, 5.74) is 1.45. The molecule has 1 aromatic carbocycles. The SMILES string of the molecule is CCNC(=NCC(CC)(CC)CCO)NCCCN(C)Cc1ccccc1. The molecule has 1 aromatic rings. The lowest BCUT2D eigenvalue weighted by Gasteiger charge is -2.29. The van der Waals surface area contributed by atoms with Gasteiger partial charge in [-0.2, -0.15) is 0 Å². The van der Waals surface area contributed by atoms with Gasteiger partial charge >= 0.3 is 0 Å². The van der Waals surface area contributed by atoms with Crippen molar-refractivity contribution in [2.75, 3.05) is 39.8 Å². The first-order valence-electron chi connectivity index (χ1n) is 10.4. The van der Waals surface area contributed by atoms with Gasteiger partial charge in [0.25, 0.3) is 0 Å². The van der Waals surface area contributed by atoms with Crippen molar-refractivity contribution >= 4 is 5.96 Å². The van der Waals surface area contributed by atoms with E-state index in [-0.39, 0.29) is 12.0 Å². The zero-order valence-corrected chi connectivity index (χ0v) is 17.8. The van der Waals surface area contributed by atoms with Crippen LogP contribution in [-0.2, 0) is 6.54 Å². The summed E-state index contributed by atoms with van der Waals surface area (Å²) in [6, 6.07) is 10.6. The van der Waals surface area contributed by atoms with Crippen molar-refractivity contribution in [2.24, 2.45) is 10.4 Å². The molecule has 0 aliphatic heterocycles. The van der Waals surface area contributed by atoms with Crippen LogP contribution in [0.3, 0.4) is 0 Å². The normalized spacial score (nSPS) is 12.4. The third-order valence-electron chi connectivity index (χ3n) is 5.36. The third-order valence-corrected chi connectivity index (χ3v) is 5.36. The van der Waals surface area contributed by atoms with Gasteiger partial charge in [-0.15, -0.1) is 0 Å². The van der Waals surface area contributed by atoms with Crippen molar-refractivity contribution in [2.45, 2.75) is 53.0 Å². The van der Waals surface area contributed by atoms with Crippen LogP contribution in [0.4, 0.5) is 0 Å². The number of aliphatic hydroxyl groups excluding tert-OH is 1. The number of nitrogens with zero attached hydrogens (tertiary/aromatic N) is 2. The van der Waals surface area contributed by atoms with Crippen LogP contribution < -0.4 is 10.6 Å². The predicted octanol–water partition coefficient (Wildman–Crippen LogP) is 3.25. The highest BCUT2D eigenvalue weighted by Crippen LogP contribution is 2.30. The van der Waals surface area contributed by atoms with Gasteiger partial charge in [0.2, 0.25) is 0 Å². The van der Waals surface area contributed by atoms with Crippen LogP contribution in [0.2, 0.25) is 0 Å². The van der Waals surface area contributed by atoms with E-state index < -0.39 is 0 Å². The number of guanidine groups is 1. The van der Waals surface area contributed by atoms with Crippen molar-refractivity contribution in [3.8, 4) is 0 Å². The van der Waals surface area contributed by atoms with Gasteiger partial charge in [0.05, 0.1) is 0 Å². The fourth-order valence-corrected chi connectivity index (χ4v) is 3.26. The van der Waals surface area contributed by atoms with Gasteiger partial charge in [-0.3, -0.25) is 4.99 Å². The molecule has 0 spiro atoms. The molecule has 0 bridgehead atoms. The molecule has 154 valence electrons. The topological polar surface area (TPSA) is 59.9 Å². The maximum Gasteiger partial charge on any atom is 0.191 e. The fraction of sp³-hybridized carbons (Fsp3) is 0.682. The van der Waals surface area contributed by atoms with Crippen molar-refractivity contribution in [3.05, 3.63) is 35.9 Å². The van der Waals surface area contributed by atoms with E-state index >= 15 is 0 Å². The van der Waals surface area contributed by atoms with Gasteiger partial charge in [-0.05, 0) is 57.2 Å². The van der Waals surface area contributed by atoms with E-state index in [1.165, 1.54) is 5.56 Å². The lowest BCUT2D eigenvalue weighted by Crippen LogP contribution is -2.39. The summed E-state index contributed by atoms with van der Waals surface area (Å²) in [5.74, 6) is 0.882. The largest absolute Gasteiger partial charge is 0.396 e. The van der Waals surface area contributed by atoms with Crippen molar-refractivity contribution < 1.29 is 5.11 Å². The molecule has 3 N–H and O–H groups in total. The molecule has 0 heterocycles. The Hall–Kier alpha value is -1.59. The van der Waals surface area contributed by atoms with E-state index in [1.54, 1.807) is 0 Å². The van der Waals surface area contributed by atoms with E-state index in [0.717, 1.165) is 64.4 Å². The molecular weight excluding hydrogens is 336 g/mol. The number of hydrogen-bond donors (Lipinski definition) is 3. The van der Waals surface area contributed by atoms with E-state index in [1.807, 2.05) is 0 Å². The average molecular weight is 377 g/mol. The Morgan fingerprint density at radius 1 is 1.11 bits per heavy atom. The monoisotopic (exact) mass is 376 g/mol. The molecule has 0 aliphatic carbocycles. The van der Waals surface area contributed by atoms with Crippen LogP contribution in [-0.4, -0.2) is 55.8 Å². The average Bonchev–Trinajstić information content (AvgIpc) is 2.69. The molecule has 1 rings (SSSR count). The summed E-state index contributed by atoms with van der Waals surface area (Å²) >= 11 is 0. The Balaban J connectivity index is 2.43. The molecule has 0 fully saturated rings. The first kappa shape index (κ1) is 23.4. The Morgan fingerprint density at radius 3 is 2.41 bits per heavy atom. The first-order chi connectivity index (χ1) is 13.1. The Kier molecular flexibility index (Phi) is 11.8. The number of aliphatic hydroxyl groups is 1. The molecular formula is C22H40N4O. The van der Waals surface area contributed by atoms with Crippen LogP contribution in [0, 0.1) is 5.41 Å². The molecule has 0 radical (unpaired) electrons. The Bertz CT molecular complexity index is 514. The molecule has 5 nitrogen and oxygen atoms in total. The maximum atomic E-state index is 9.38. The summed E-state index contributed by atoms with van der Waals surface area (Å²) < 4.78 is 0. The molecule has 0 unspecified atom stereocenters. The van der Waals surface area contributed by atoms with Gasteiger partial charge in [0, 0.05) is 32.8 Å². The number of hydrogen-bond acceptors (Lipinski definition) is 3. The molecule has 0 aliphatic rings. The van der Waals surface area contributed by atoms with Gasteiger partial charge < -0.3 is 20.6 Å². The molecule has 5 heteroatoms. The zero-order valence-electron chi connectivity index (χ0n) is 17.8. The second-order valence-corrected chi connectivity index (χ2v) is 7.38. The highest BCUT2D eigenvalue weighted by atomic mass is 16.3. The molecule has 0 saturated heterocycles. The minimum absolute atomic E-state index is 0.104. The second-order valence-electron chi connectivity index (χ2n) is 7.38. The minimum atomic E-state index is 0.104. The fourth-order valence-electron chi connectivity index (χ4n) is 3.26. The van der Waals surface area contributed by atoms with Crippen molar-refractivity contribution in [1.29, 1.82) is 0 Å². The molecule has 0 saturated carbocycles. The van der Waals surface area contributed by atoms with E-state index in [0.29, 0.717) is 0 Å². The van der Waals surface area contributed by atoms with E-state index in [9.17, 15) is 5.11 Å². The van der Waals surface area contributed by atoms with E-state index in [4.69, 9.17) is 4.99 Å². The minimum Gasteiger partial charge on any atom is -0.396 e. The summed E-state index contributed by atoms with van der Waals surface area (Å²) in [5, 5.41) is 16.2. The third kappa shape index (κ3) is 9.25. The first-order valence-corrected chi connectivity index (χ1v) is 10.4. The Labute approximate surface area is 166 Å². The Morgan fingerprint density at radius 2 is 1.81 bits per heavy atom. The summed E-state index contributed by atoms with van der Waals surface area (Å²) in [7, 11) is 2.16. The smallest absolute Gasteiger partial charge is 0.191 e. The number of nitrogens with one attached hydrogen (secondary N) is 2. The van der Waals surface area contributed by atoms with Gasteiger partial charge in [-0.25, -0.2) is 0 Å². The molecule has 0 atom stereocenters. The summed E-state index contributed by atoms with van der Waals surface area (Å²) in [4.78, 5) is 7.15. The molecule has 0 aromatic heterocycles. The van der Waals surface area contributed by atoms with Crippen LogP contribution in [0.5, 0.6) is 0 Å². The standard InChI is InChI=1S/C22H40N4O/c1-5-22(6-2,14-17-27)19-25-21(23-7-3)24-15-11-16-26(4)18-20-12-9-8-10-13-20/h8-10,12-13,27H,5-7,11,14-19H2,1-4H3,(H2,23,24,25). The number of rotatable bonds is 13. The van der Waals surface area contributed by atoms with Crippen molar-refractivity contribution in [1.82, 2.24) is 15.5 Å². The van der Waals surface area contributed by atoms with Crippen LogP contribution >= 0.6 is 0 Å². The quantitative estimate of drug-likeness (QED) is 0.281. The second kappa shape index (κ2) is 13.6. The summed E-state index contributed by atoms with van der Waals surface area (Å²) in [6.07, 6.45) is 3.96. The molecule has 0 amide bonds. The van der Waals surface area contributed by atoms with Crippen LogP contribution in [0.15, 0.2) is 35.3 Å². The highest BCUT2D eigenvalue weighted by molar-refractivity contribution is 5.79. The lowest BCUT2D eigenvalue weighted by atomic mass is 9.79. The van der Waals surface area contributed by atoms with Gasteiger partial charge in [0.15, 0.2) is 5.96 Å². The van der Waals surface area contributed by atoms with Crippen LogP contribution in [0.25, 0.3) is 0 Å². The molecule has 27 heavy (non-hydrogen) atoms. The zero-order chi connectivity index (χ0) is 20.0. The van der Waals surface area contributed by atoms with Gasteiger partial charge in [-0.1, -0.05) is 44.2 Å². The lowest BCUT2D eigenvalue weighted by molar-refractivity contribution is 0.175. The predicted molar refractivity (Wildman–Crippen MR) is 116 cm³/mol. The van der Waals surface area contributed by atoms with E-state index in [2.05, 4.69) is 73.7 Å².